The molecule has 0 bridgehead atoms. The lowest BCUT2D eigenvalue weighted by Gasteiger charge is -1.96. The third-order valence-corrected chi connectivity index (χ3v) is 2.62. The van der Waals surface area contributed by atoms with Crippen molar-refractivity contribution in [2.75, 3.05) is 0 Å². The Morgan fingerprint density at radius 1 is 0.929 bits per heavy atom. The molecule has 66 valence electrons. The second-order valence-corrected chi connectivity index (χ2v) is 3.39. The number of ketones is 2. The van der Waals surface area contributed by atoms with E-state index in [0.29, 0.717) is 11.1 Å². The molecule has 2 nitrogen and oxygen atoms in total. The van der Waals surface area contributed by atoms with Crippen LogP contribution in [0.2, 0.25) is 0 Å². The molecule has 1 aliphatic rings. The van der Waals surface area contributed by atoms with E-state index in [1.165, 1.54) is 0 Å². The minimum atomic E-state index is -0.267. The van der Waals surface area contributed by atoms with E-state index in [2.05, 4.69) is 0 Å². The highest BCUT2D eigenvalue weighted by atomic mass is 16.2. The van der Waals surface area contributed by atoms with E-state index in [9.17, 15) is 9.59 Å². The maximum Gasteiger partial charge on any atom is 0.395 e. The highest BCUT2D eigenvalue weighted by Gasteiger charge is 2.35. The Morgan fingerprint density at radius 3 is 2.29 bits per heavy atom. The molecule has 0 saturated heterocycles. The molecule has 0 amide bonds. The number of benzene rings is 2. The van der Waals surface area contributed by atoms with Crippen LogP contribution in [0, 0.1) is 0 Å². The first kappa shape index (κ1) is 7.44. The van der Waals surface area contributed by atoms with E-state index in [4.69, 9.17) is 0 Å². The van der Waals surface area contributed by atoms with Crippen LogP contribution in [0.1, 0.15) is 15.9 Å². The molecule has 2 heteroatoms. The Bertz CT molecular complexity index is 533. The molecule has 1 aliphatic carbocycles. The molecule has 0 spiro atoms. The number of carbonyl (C=O) groups excluding carboxylic acids is 2. The van der Waals surface area contributed by atoms with Gasteiger partial charge in [0, 0.05) is 10.9 Å². The molecule has 0 atom stereocenters. The van der Waals surface area contributed by atoms with Gasteiger partial charge < -0.3 is 0 Å². The smallest absolute Gasteiger partial charge is 0.279 e. The summed E-state index contributed by atoms with van der Waals surface area (Å²) in [4.78, 5) is 21.2. The number of hydrogen-bond donors (Lipinski definition) is 0. The maximum atomic E-state index is 11.6. The van der Waals surface area contributed by atoms with E-state index in [0.717, 1.165) is 10.8 Å². The lowest BCUT2D eigenvalue weighted by Crippen LogP contribution is -2.07. The van der Waals surface area contributed by atoms with Gasteiger partial charge in [0.25, 0.3) is 5.78 Å². The Labute approximate surface area is 80.2 Å². The van der Waals surface area contributed by atoms with E-state index in [1.807, 2.05) is 24.3 Å². The average molecular weight is 183 g/mol. The highest BCUT2D eigenvalue weighted by Crippen LogP contribution is 2.29. The molecule has 0 heterocycles. The van der Waals surface area contributed by atoms with Gasteiger partial charge in [0.15, 0.2) is 0 Å². The van der Waals surface area contributed by atoms with Crippen LogP contribution in [-0.4, -0.2) is 16.4 Å². The summed E-state index contributed by atoms with van der Waals surface area (Å²) in [7, 11) is 0. The number of Topliss-reactive ketones (excluding diaryl/α,β-unsaturated/α-hetero) is 1. The van der Waals surface area contributed by atoms with E-state index in [1.54, 1.807) is 12.1 Å². The summed E-state index contributed by atoms with van der Waals surface area (Å²) in [6.07, 6.45) is 0. The first-order valence-electron chi connectivity index (χ1n) is 4.42. The predicted molar refractivity (Wildman–Crippen MR) is 54.3 cm³/mol. The molecule has 14 heavy (non-hydrogen) atoms. The normalized spacial score (nSPS) is 14.0. The van der Waals surface area contributed by atoms with Crippen LogP contribution >= 0.6 is 0 Å². The van der Waals surface area contributed by atoms with Crippen molar-refractivity contribution in [2.24, 2.45) is 0 Å². The van der Waals surface area contributed by atoms with Gasteiger partial charge in [-0.15, -0.1) is 0 Å². The summed E-state index contributed by atoms with van der Waals surface area (Å²) >= 11 is 0. The summed E-state index contributed by atoms with van der Waals surface area (Å²) in [6, 6.07) is 11.1. The largest absolute Gasteiger partial charge is 0.395 e. The van der Waals surface area contributed by atoms with Crippen molar-refractivity contribution >= 4 is 22.3 Å². The number of hydrogen-bond acceptors (Lipinski definition) is 1. The number of rotatable bonds is 0. The Balaban J connectivity index is 2.62. The molecule has 0 radical (unpaired) electrons. The molecule has 3 rings (SSSR count). The van der Waals surface area contributed by atoms with Gasteiger partial charge in [0.2, 0.25) is 0 Å². The molecule has 0 aromatic heterocycles. The molecule has 0 saturated carbocycles. The van der Waals surface area contributed by atoms with Crippen LogP contribution in [0.25, 0.3) is 10.8 Å². The first-order chi connectivity index (χ1) is 6.79. The van der Waals surface area contributed by atoms with Crippen LogP contribution in [0.5, 0.6) is 0 Å². The van der Waals surface area contributed by atoms with Crippen molar-refractivity contribution in [3.8, 4) is 0 Å². The summed E-state index contributed by atoms with van der Waals surface area (Å²) in [5, 5.41) is 1.87. The molecule has 2 aromatic rings. The molecule has 0 aliphatic heterocycles. The van der Waals surface area contributed by atoms with Gasteiger partial charge in [-0.05, 0) is 11.5 Å². The van der Waals surface area contributed by atoms with E-state index in [-0.39, 0.29) is 11.6 Å². The molecular formula is C12H7O2+. The average Bonchev–Trinajstić information content (AvgIpc) is 2.47. The first-order valence-corrected chi connectivity index (χ1v) is 4.42. The fourth-order valence-corrected chi connectivity index (χ4v) is 1.98. The van der Waals surface area contributed by atoms with Gasteiger partial charge in [-0.1, -0.05) is 30.3 Å². The molecular weight excluding hydrogens is 176 g/mol. The van der Waals surface area contributed by atoms with Crippen molar-refractivity contribution in [3.63, 3.8) is 0 Å². The summed E-state index contributed by atoms with van der Waals surface area (Å²) in [6.45, 7) is 0. The second-order valence-electron chi connectivity index (χ2n) is 3.39. The summed E-state index contributed by atoms with van der Waals surface area (Å²) < 4.78 is 0. The third kappa shape index (κ3) is 0.708. The lowest BCUT2D eigenvalue weighted by molar-refractivity contribution is 0.106. The van der Waals surface area contributed by atoms with Gasteiger partial charge in [-0.3, -0.25) is 9.59 Å². The fraction of sp³-hybridized carbons (Fsp3) is 0. The Kier molecular flexibility index (Phi) is 1.22. The third-order valence-electron chi connectivity index (χ3n) is 2.62. The van der Waals surface area contributed by atoms with Crippen molar-refractivity contribution < 1.29 is 9.59 Å². The van der Waals surface area contributed by atoms with Crippen molar-refractivity contribution in [1.82, 2.24) is 0 Å². The SMILES string of the molecule is O=C1C(=[OH+])c2cccc3cccc1c23. The second kappa shape index (κ2) is 2.29. The molecule has 2 aromatic carbocycles. The fourth-order valence-electron chi connectivity index (χ4n) is 1.98. The van der Waals surface area contributed by atoms with Crippen LogP contribution < -0.4 is 0 Å². The van der Waals surface area contributed by atoms with Gasteiger partial charge >= 0.3 is 5.78 Å². The zero-order valence-corrected chi connectivity index (χ0v) is 7.32. The van der Waals surface area contributed by atoms with Gasteiger partial charge in [-0.2, -0.15) is 0 Å². The van der Waals surface area contributed by atoms with Gasteiger partial charge in [0.05, 0.1) is 5.56 Å². The summed E-state index contributed by atoms with van der Waals surface area (Å²) in [5.74, 6) is -0.395. The van der Waals surface area contributed by atoms with Crippen LogP contribution in [0.3, 0.4) is 0 Å². The quantitative estimate of drug-likeness (QED) is 0.454. The Hall–Kier alpha value is -1.96. The van der Waals surface area contributed by atoms with Crippen LogP contribution in [0.15, 0.2) is 36.4 Å². The van der Waals surface area contributed by atoms with E-state index < -0.39 is 0 Å². The number of carbonyl (C=O) groups is 1. The summed E-state index contributed by atoms with van der Waals surface area (Å²) in [5.41, 5.74) is 1.26. The van der Waals surface area contributed by atoms with Gasteiger partial charge in [-0.25, -0.2) is 0 Å². The molecule has 1 N–H and O–H groups in total. The zero-order valence-electron chi connectivity index (χ0n) is 7.32. The molecule has 0 unspecified atom stereocenters. The zero-order chi connectivity index (χ0) is 9.71. The predicted octanol–water partition coefficient (Wildman–Crippen LogP) is 1.93. The van der Waals surface area contributed by atoms with Crippen LogP contribution in [-0.2, 0) is 0 Å². The standard InChI is InChI=1S/C12H6O2/c13-11-8-5-1-3-7-4-2-6-9(10(7)8)12(11)14/h1-6H/p+1. The maximum absolute atomic E-state index is 11.6. The minimum Gasteiger partial charge on any atom is -0.279 e. The van der Waals surface area contributed by atoms with Crippen LogP contribution in [0.4, 0.5) is 0 Å². The van der Waals surface area contributed by atoms with E-state index >= 15 is 0 Å². The molecule has 0 fully saturated rings. The Morgan fingerprint density at radius 2 is 1.57 bits per heavy atom. The van der Waals surface area contributed by atoms with Crippen molar-refractivity contribution in [1.29, 1.82) is 0 Å². The minimum absolute atomic E-state index is 0.128. The van der Waals surface area contributed by atoms with Crippen molar-refractivity contribution in [2.45, 2.75) is 0 Å². The van der Waals surface area contributed by atoms with Crippen molar-refractivity contribution in [3.05, 3.63) is 47.5 Å². The topological polar surface area (TPSA) is 38.5 Å². The van der Waals surface area contributed by atoms with Gasteiger partial charge in [0.1, 0.15) is 0 Å². The monoisotopic (exact) mass is 183 g/mol. The highest BCUT2D eigenvalue weighted by molar-refractivity contribution is 6.57. The lowest BCUT2D eigenvalue weighted by atomic mass is 10.1.